The van der Waals surface area contributed by atoms with Crippen LogP contribution in [0.3, 0.4) is 0 Å². The van der Waals surface area contributed by atoms with Crippen LogP contribution < -0.4 is 11.1 Å². The van der Waals surface area contributed by atoms with E-state index in [1.54, 1.807) is 30.3 Å². The molecule has 0 saturated carbocycles. The van der Waals surface area contributed by atoms with E-state index in [0.29, 0.717) is 21.3 Å². The molecule has 6 heteroatoms. The number of nitrogen functional groups attached to an aromatic ring is 1. The van der Waals surface area contributed by atoms with Gasteiger partial charge in [0.15, 0.2) is 0 Å². The van der Waals surface area contributed by atoms with E-state index in [-0.39, 0.29) is 11.7 Å². The molecular weight excluding hydrogens is 308 g/mol. The molecule has 0 aliphatic carbocycles. The van der Waals surface area contributed by atoms with Crippen molar-refractivity contribution in [2.45, 2.75) is 11.8 Å². The summed E-state index contributed by atoms with van der Waals surface area (Å²) in [4.78, 5) is 12.6. The molecule has 0 bridgehead atoms. The molecule has 1 amide bonds. The first kappa shape index (κ1) is 15.5. The first-order chi connectivity index (χ1) is 9.95. The number of amides is 1. The zero-order valence-electron chi connectivity index (χ0n) is 11.4. The Morgan fingerprint density at radius 1 is 1.29 bits per heavy atom. The Morgan fingerprint density at radius 2 is 2.05 bits per heavy atom. The number of anilines is 2. The normalized spacial score (nSPS) is 11.9. The second kappa shape index (κ2) is 6.74. The standard InChI is InChI=1S/C15H15ClN2O2S/c1-10-3-2-4-12(7-10)21(20)9-15(19)18-14-8-11(17)5-6-13(14)16/h2-8H,9,17H2,1H3,(H,18,19). The van der Waals surface area contributed by atoms with Gasteiger partial charge in [0.2, 0.25) is 5.91 Å². The van der Waals surface area contributed by atoms with Gasteiger partial charge in [-0.05, 0) is 42.8 Å². The third-order valence-corrected chi connectivity index (χ3v) is 4.41. The molecule has 0 spiro atoms. The molecule has 1 unspecified atom stereocenters. The summed E-state index contributed by atoms with van der Waals surface area (Å²) in [6.45, 7) is 1.91. The molecule has 0 saturated heterocycles. The Kier molecular flexibility index (Phi) is 4.98. The van der Waals surface area contributed by atoms with Gasteiger partial charge in [0.1, 0.15) is 5.75 Å². The molecule has 110 valence electrons. The second-order valence-corrected chi connectivity index (χ2v) is 6.45. The largest absolute Gasteiger partial charge is 0.399 e. The lowest BCUT2D eigenvalue weighted by atomic mass is 10.2. The van der Waals surface area contributed by atoms with Crippen LogP contribution in [0.15, 0.2) is 47.4 Å². The number of nitrogens with two attached hydrogens (primary N) is 1. The minimum absolute atomic E-state index is 0.130. The van der Waals surface area contributed by atoms with Crippen molar-refractivity contribution in [2.24, 2.45) is 0 Å². The topological polar surface area (TPSA) is 72.2 Å². The summed E-state index contributed by atoms with van der Waals surface area (Å²) in [5.41, 5.74) is 7.56. The Bertz CT molecular complexity index is 704. The molecule has 1 atom stereocenters. The number of carbonyl (C=O) groups is 1. The summed E-state index contributed by atoms with van der Waals surface area (Å²) in [5, 5.41) is 3.01. The van der Waals surface area contributed by atoms with Crippen molar-refractivity contribution in [1.29, 1.82) is 0 Å². The van der Waals surface area contributed by atoms with Crippen LogP contribution in [0.1, 0.15) is 5.56 Å². The number of nitrogens with one attached hydrogen (secondary N) is 1. The van der Waals surface area contributed by atoms with E-state index in [4.69, 9.17) is 17.3 Å². The van der Waals surface area contributed by atoms with Crippen molar-refractivity contribution < 1.29 is 9.00 Å². The number of benzene rings is 2. The smallest absolute Gasteiger partial charge is 0.237 e. The van der Waals surface area contributed by atoms with Gasteiger partial charge in [0.25, 0.3) is 0 Å². The molecular formula is C15H15ClN2O2S. The summed E-state index contributed by atoms with van der Waals surface area (Å²) in [6, 6.07) is 12.1. The van der Waals surface area contributed by atoms with Crippen molar-refractivity contribution >= 4 is 39.7 Å². The van der Waals surface area contributed by atoms with Gasteiger partial charge in [-0.3, -0.25) is 9.00 Å². The van der Waals surface area contributed by atoms with Crippen molar-refractivity contribution in [3.8, 4) is 0 Å². The fourth-order valence-corrected chi connectivity index (χ4v) is 2.97. The fraction of sp³-hybridized carbons (Fsp3) is 0.133. The van der Waals surface area contributed by atoms with E-state index < -0.39 is 10.8 Å². The van der Waals surface area contributed by atoms with Gasteiger partial charge < -0.3 is 11.1 Å². The lowest BCUT2D eigenvalue weighted by Crippen LogP contribution is -2.19. The minimum Gasteiger partial charge on any atom is -0.399 e. The van der Waals surface area contributed by atoms with Crippen LogP contribution in [0.5, 0.6) is 0 Å². The first-order valence-electron chi connectivity index (χ1n) is 6.25. The zero-order chi connectivity index (χ0) is 15.4. The van der Waals surface area contributed by atoms with Crippen molar-refractivity contribution in [1.82, 2.24) is 0 Å². The minimum atomic E-state index is -1.40. The van der Waals surface area contributed by atoms with Crippen molar-refractivity contribution in [3.63, 3.8) is 0 Å². The van der Waals surface area contributed by atoms with Gasteiger partial charge in [-0.25, -0.2) is 0 Å². The molecule has 0 radical (unpaired) electrons. The van der Waals surface area contributed by atoms with Gasteiger partial charge in [0.05, 0.1) is 21.5 Å². The summed E-state index contributed by atoms with van der Waals surface area (Å²) < 4.78 is 12.1. The van der Waals surface area contributed by atoms with Gasteiger partial charge in [0, 0.05) is 10.6 Å². The van der Waals surface area contributed by atoms with E-state index in [1.807, 2.05) is 19.1 Å². The number of hydrogen-bond donors (Lipinski definition) is 2. The Labute approximate surface area is 130 Å². The Balaban J connectivity index is 2.05. The van der Waals surface area contributed by atoms with Crippen molar-refractivity contribution in [3.05, 3.63) is 53.1 Å². The predicted octanol–water partition coefficient (Wildman–Crippen LogP) is 2.98. The highest BCUT2D eigenvalue weighted by Gasteiger charge is 2.12. The quantitative estimate of drug-likeness (QED) is 0.850. The molecule has 0 aromatic heterocycles. The van der Waals surface area contributed by atoms with Crippen LogP contribution in [0.2, 0.25) is 5.02 Å². The SMILES string of the molecule is Cc1cccc(S(=O)CC(=O)Nc2cc(N)ccc2Cl)c1. The molecule has 2 aromatic rings. The number of hydrogen-bond acceptors (Lipinski definition) is 3. The lowest BCUT2D eigenvalue weighted by molar-refractivity contribution is -0.113. The maximum absolute atomic E-state index is 12.1. The predicted molar refractivity (Wildman–Crippen MR) is 86.9 cm³/mol. The molecule has 0 aliphatic heterocycles. The zero-order valence-corrected chi connectivity index (χ0v) is 13.0. The van der Waals surface area contributed by atoms with E-state index in [0.717, 1.165) is 5.56 Å². The van der Waals surface area contributed by atoms with Crippen LogP contribution in [0, 0.1) is 6.92 Å². The van der Waals surface area contributed by atoms with Crippen LogP contribution >= 0.6 is 11.6 Å². The molecule has 21 heavy (non-hydrogen) atoms. The molecule has 0 heterocycles. The molecule has 0 fully saturated rings. The fourth-order valence-electron chi connectivity index (χ4n) is 1.78. The molecule has 4 nitrogen and oxygen atoms in total. The molecule has 0 aliphatic rings. The maximum atomic E-state index is 12.1. The summed E-state index contributed by atoms with van der Waals surface area (Å²) in [6.07, 6.45) is 0. The summed E-state index contributed by atoms with van der Waals surface area (Å²) in [5.74, 6) is -0.503. The first-order valence-corrected chi connectivity index (χ1v) is 7.95. The van der Waals surface area contributed by atoms with E-state index in [9.17, 15) is 9.00 Å². The van der Waals surface area contributed by atoms with Crippen LogP contribution in [-0.2, 0) is 15.6 Å². The average molecular weight is 323 g/mol. The van der Waals surface area contributed by atoms with Crippen LogP contribution in [-0.4, -0.2) is 15.9 Å². The highest BCUT2D eigenvalue weighted by Crippen LogP contribution is 2.24. The Morgan fingerprint density at radius 3 is 2.76 bits per heavy atom. The highest BCUT2D eigenvalue weighted by atomic mass is 35.5. The van der Waals surface area contributed by atoms with Gasteiger partial charge in [-0.15, -0.1) is 0 Å². The number of carbonyl (C=O) groups excluding carboxylic acids is 1. The average Bonchev–Trinajstić information content (AvgIpc) is 2.42. The monoisotopic (exact) mass is 322 g/mol. The van der Waals surface area contributed by atoms with Crippen LogP contribution in [0.25, 0.3) is 0 Å². The summed E-state index contributed by atoms with van der Waals surface area (Å²) in [7, 11) is -1.40. The lowest BCUT2D eigenvalue weighted by Gasteiger charge is -2.08. The molecule has 3 N–H and O–H groups in total. The highest BCUT2D eigenvalue weighted by molar-refractivity contribution is 7.85. The maximum Gasteiger partial charge on any atom is 0.237 e. The Hall–Kier alpha value is -1.85. The van der Waals surface area contributed by atoms with E-state index in [2.05, 4.69) is 5.32 Å². The number of rotatable bonds is 4. The molecule has 2 aromatic carbocycles. The number of halogens is 1. The third-order valence-electron chi connectivity index (χ3n) is 2.78. The van der Waals surface area contributed by atoms with Gasteiger partial charge in [-0.2, -0.15) is 0 Å². The van der Waals surface area contributed by atoms with Crippen LogP contribution in [0.4, 0.5) is 11.4 Å². The summed E-state index contributed by atoms with van der Waals surface area (Å²) >= 11 is 5.97. The number of aryl methyl sites for hydroxylation is 1. The van der Waals surface area contributed by atoms with Gasteiger partial charge in [-0.1, -0.05) is 23.7 Å². The van der Waals surface area contributed by atoms with Gasteiger partial charge >= 0.3 is 0 Å². The second-order valence-electron chi connectivity index (χ2n) is 4.59. The molecule has 2 rings (SSSR count). The van der Waals surface area contributed by atoms with E-state index >= 15 is 0 Å². The van der Waals surface area contributed by atoms with E-state index in [1.165, 1.54) is 0 Å². The third kappa shape index (κ3) is 4.31. The van der Waals surface area contributed by atoms with Crippen molar-refractivity contribution in [2.75, 3.05) is 16.8 Å².